The molecule has 1 saturated carbocycles. The van der Waals surface area contributed by atoms with Crippen molar-refractivity contribution in [3.8, 4) is 0 Å². The van der Waals surface area contributed by atoms with Gasteiger partial charge in [0, 0.05) is 6.61 Å². The van der Waals surface area contributed by atoms with Crippen LogP contribution in [0.25, 0.3) is 0 Å². The summed E-state index contributed by atoms with van der Waals surface area (Å²) in [6, 6.07) is 0. The zero-order valence-electron chi connectivity index (χ0n) is 5.81. The van der Waals surface area contributed by atoms with E-state index in [2.05, 4.69) is 0 Å². The molecule has 0 spiro atoms. The fourth-order valence-corrected chi connectivity index (χ4v) is 2.09. The first kappa shape index (κ1) is 5.72. The predicted octanol–water partition coefficient (Wildman–Crippen LogP) is 1.97. The summed E-state index contributed by atoms with van der Waals surface area (Å²) in [6.07, 6.45) is 7.63. The van der Waals surface area contributed by atoms with Crippen LogP contribution >= 0.6 is 0 Å². The smallest absolute Gasteiger partial charge is 0.0604 e. The molecule has 0 bridgehead atoms. The normalized spacial score (nSPS) is 42.7. The minimum absolute atomic E-state index is 0.666. The Morgan fingerprint density at radius 2 is 1.89 bits per heavy atom. The number of hydrogen-bond acceptors (Lipinski definition) is 1. The molecule has 0 aromatic rings. The lowest BCUT2D eigenvalue weighted by Crippen LogP contribution is -2.19. The standard InChI is InChI=1S/C8H14O/c1-2-4-8-7(3-1)5-6-9-8/h7-8H,1-6H2/t7-,8-/m1/s1. The SMILES string of the molecule is C1CC[C@H]2OCC[C@H]2C1. The Kier molecular flexibility index (Phi) is 1.46. The van der Waals surface area contributed by atoms with E-state index < -0.39 is 0 Å². The molecular weight excluding hydrogens is 112 g/mol. The van der Waals surface area contributed by atoms with Gasteiger partial charge in [-0.3, -0.25) is 0 Å². The Labute approximate surface area is 56.4 Å². The van der Waals surface area contributed by atoms with Gasteiger partial charge in [-0.1, -0.05) is 12.8 Å². The maximum absolute atomic E-state index is 5.56. The first-order chi connectivity index (χ1) is 4.47. The van der Waals surface area contributed by atoms with Crippen LogP contribution in [0.15, 0.2) is 0 Å². The highest BCUT2D eigenvalue weighted by Gasteiger charge is 2.29. The lowest BCUT2D eigenvalue weighted by molar-refractivity contribution is 0.0663. The fourth-order valence-electron chi connectivity index (χ4n) is 2.09. The summed E-state index contributed by atoms with van der Waals surface area (Å²) in [7, 11) is 0. The number of rotatable bonds is 0. The summed E-state index contributed by atoms with van der Waals surface area (Å²) < 4.78 is 5.56. The quantitative estimate of drug-likeness (QED) is 0.482. The molecule has 52 valence electrons. The third-order valence-corrected chi connectivity index (χ3v) is 2.66. The summed E-state index contributed by atoms with van der Waals surface area (Å²) in [5.74, 6) is 0.943. The van der Waals surface area contributed by atoms with Crippen LogP contribution in [0.2, 0.25) is 0 Å². The van der Waals surface area contributed by atoms with Gasteiger partial charge < -0.3 is 4.74 Å². The molecule has 1 heterocycles. The molecule has 0 amide bonds. The van der Waals surface area contributed by atoms with Gasteiger partial charge in [-0.05, 0) is 25.2 Å². The summed E-state index contributed by atoms with van der Waals surface area (Å²) in [5, 5.41) is 0. The van der Waals surface area contributed by atoms with E-state index in [9.17, 15) is 0 Å². The van der Waals surface area contributed by atoms with Crippen LogP contribution in [0.4, 0.5) is 0 Å². The van der Waals surface area contributed by atoms with Crippen molar-refractivity contribution in [2.24, 2.45) is 5.92 Å². The number of ether oxygens (including phenoxy) is 1. The van der Waals surface area contributed by atoms with Crippen LogP contribution in [0, 0.1) is 5.92 Å². The summed E-state index contributed by atoms with van der Waals surface area (Å²) >= 11 is 0. The third-order valence-electron chi connectivity index (χ3n) is 2.66. The molecule has 1 saturated heterocycles. The second-order valence-electron chi connectivity index (χ2n) is 3.24. The molecule has 0 radical (unpaired) electrons. The van der Waals surface area contributed by atoms with Crippen molar-refractivity contribution < 1.29 is 4.74 Å². The van der Waals surface area contributed by atoms with E-state index in [1.165, 1.54) is 32.1 Å². The molecule has 1 aliphatic heterocycles. The number of hydrogen-bond donors (Lipinski definition) is 0. The lowest BCUT2D eigenvalue weighted by atomic mass is 9.86. The van der Waals surface area contributed by atoms with Crippen molar-refractivity contribution in [2.45, 2.75) is 38.2 Å². The Morgan fingerprint density at radius 1 is 1.00 bits per heavy atom. The Bertz CT molecular complexity index is 88.7. The zero-order chi connectivity index (χ0) is 6.10. The van der Waals surface area contributed by atoms with E-state index >= 15 is 0 Å². The maximum Gasteiger partial charge on any atom is 0.0604 e. The molecule has 2 fully saturated rings. The van der Waals surface area contributed by atoms with Crippen molar-refractivity contribution in [3.05, 3.63) is 0 Å². The van der Waals surface area contributed by atoms with Crippen LogP contribution in [0.3, 0.4) is 0 Å². The van der Waals surface area contributed by atoms with Crippen LogP contribution < -0.4 is 0 Å². The molecule has 2 atom stereocenters. The van der Waals surface area contributed by atoms with Gasteiger partial charge in [-0.2, -0.15) is 0 Å². The minimum atomic E-state index is 0.666. The van der Waals surface area contributed by atoms with Gasteiger partial charge in [-0.15, -0.1) is 0 Å². The van der Waals surface area contributed by atoms with Crippen LogP contribution in [0.1, 0.15) is 32.1 Å². The molecule has 0 aromatic heterocycles. The molecule has 0 N–H and O–H groups in total. The second-order valence-corrected chi connectivity index (χ2v) is 3.24. The van der Waals surface area contributed by atoms with Crippen LogP contribution in [-0.2, 0) is 4.74 Å². The van der Waals surface area contributed by atoms with Gasteiger partial charge in [-0.25, -0.2) is 0 Å². The lowest BCUT2D eigenvalue weighted by Gasteiger charge is -2.22. The van der Waals surface area contributed by atoms with Crippen molar-refractivity contribution >= 4 is 0 Å². The molecule has 1 nitrogen and oxygen atoms in total. The van der Waals surface area contributed by atoms with Gasteiger partial charge >= 0.3 is 0 Å². The summed E-state index contributed by atoms with van der Waals surface area (Å²) in [5.41, 5.74) is 0. The maximum atomic E-state index is 5.56. The Hall–Kier alpha value is -0.0400. The van der Waals surface area contributed by atoms with Crippen molar-refractivity contribution in [3.63, 3.8) is 0 Å². The molecule has 1 aliphatic carbocycles. The highest BCUT2D eigenvalue weighted by Crippen LogP contribution is 2.33. The summed E-state index contributed by atoms with van der Waals surface area (Å²) in [6.45, 7) is 1.04. The van der Waals surface area contributed by atoms with E-state index in [4.69, 9.17) is 4.74 Å². The molecule has 1 heteroatoms. The Balaban J connectivity index is 1.97. The van der Waals surface area contributed by atoms with Gasteiger partial charge in [0.2, 0.25) is 0 Å². The molecule has 0 aromatic carbocycles. The Morgan fingerprint density at radius 3 is 2.78 bits per heavy atom. The molecule has 2 aliphatic rings. The second kappa shape index (κ2) is 2.30. The highest BCUT2D eigenvalue weighted by molar-refractivity contribution is 4.79. The van der Waals surface area contributed by atoms with Crippen LogP contribution in [-0.4, -0.2) is 12.7 Å². The minimum Gasteiger partial charge on any atom is -0.378 e. The molecule has 0 unspecified atom stereocenters. The van der Waals surface area contributed by atoms with E-state index in [-0.39, 0.29) is 0 Å². The first-order valence-corrected chi connectivity index (χ1v) is 4.08. The highest BCUT2D eigenvalue weighted by atomic mass is 16.5. The van der Waals surface area contributed by atoms with Crippen molar-refractivity contribution in [2.75, 3.05) is 6.61 Å². The summed E-state index contributed by atoms with van der Waals surface area (Å²) in [4.78, 5) is 0. The predicted molar refractivity (Wildman–Crippen MR) is 36.3 cm³/mol. The van der Waals surface area contributed by atoms with E-state index in [1.807, 2.05) is 0 Å². The van der Waals surface area contributed by atoms with Crippen LogP contribution in [0.5, 0.6) is 0 Å². The van der Waals surface area contributed by atoms with Gasteiger partial charge in [0.05, 0.1) is 6.10 Å². The zero-order valence-corrected chi connectivity index (χ0v) is 5.81. The van der Waals surface area contributed by atoms with E-state index in [0.29, 0.717) is 6.10 Å². The van der Waals surface area contributed by atoms with E-state index in [1.54, 1.807) is 0 Å². The topological polar surface area (TPSA) is 9.23 Å². The van der Waals surface area contributed by atoms with Crippen molar-refractivity contribution in [1.82, 2.24) is 0 Å². The fraction of sp³-hybridized carbons (Fsp3) is 1.00. The largest absolute Gasteiger partial charge is 0.378 e. The molecule has 2 rings (SSSR count). The average molecular weight is 126 g/mol. The average Bonchev–Trinajstić information content (AvgIpc) is 2.33. The first-order valence-electron chi connectivity index (χ1n) is 4.08. The van der Waals surface area contributed by atoms with E-state index in [0.717, 1.165) is 12.5 Å². The molecular formula is C8H14O. The van der Waals surface area contributed by atoms with Crippen molar-refractivity contribution in [1.29, 1.82) is 0 Å². The van der Waals surface area contributed by atoms with Gasteiger partial charge in [0.15, 0.2) is 0 Å². The van der Waals surface area contributed by atoms with Gasteiger partial charge in [0.25, 0.3) is 0 Å². The number of fused-ring (bicyclic) bond motifs is 1. The van der Waals surface area contributed by atoms with Gasteiger partial charge in [0.1, 0.15) is 0 Å². The third kappa shape index (κ3) is 0.983. The monoisotopic (exact) mass is 126 g/mol. The molecule has 9 heavy (non-hydrogen) atoms.